The van der Waals surface area contributed by atoms with E-state index in [0.29, 0.717) is 17.9 Å². The van der Waals surface area contributed by atoms with Crippen LogP contribution in [0, 0.1) is 11.8 Å². The first kappa shape index (κ1) is 14.5. The Morgan fingerprint density at radius 2 is 2.11 bits per heavy atom. The van der Waals surface area contributed by atoms with Crippen molar-refractivity contribution in [1.29, 1.82) is 0 Å². The van der Waals surface area contributed by atoms with Gasteiger partial charge in [-0.15, -0.1) is 0 Å². The second-order valence-electron chi connectivity index (χ2n) is 5.73. The maximum Gasteiger partial charge on any atom is 0.126 e. The minimum atomic E-state index is 0.261. The highest BCUT2D eigenvalue weighted by Crippen LogP contribution is 2.39. The minimum Gasteiger partial charge on any atom is -0.375 e. The molecule has 2 rings (SSSR count). The Morgan fingerprint density at radius 1 is 1.37 bits per heavy atom. The summed E-state index contributed by atoms with van der Waals surface area (Å²) >= 11 is 0. The van der Waals surface area contributed by atoms with Crippen molar-refractivity contribution >= 4 is 0 Å². The van der Waals surface area contributed by atoms with Crippen LogP contribution < -0.4 is 5.32 Å². The van der Waals surface area contributed by atoms with Gasteiger partial charge in [0.1, 0.15) is 5.82 Å². The molecule has 1 N–H and O–H groups in total. The van der Waals surface area contributed by atoms with E-state index < -0.39 is 0 Å². The highest BCUT2D eigenvalue weighted by Gasteiger charge is 2.42. The van der Waals surface area contributed by atoms with Crippen LogP contribution in [0.2, 0.25) is 0 Å². The normalized spacial score (nSPS) is 32.7. The predicted octanol–water partition coefficient (Wildman–Crippen LogP) is 2.61. The number of nitrogens with one attached hydrogen (secondary N) is 1. The highest BCUT2D eigenvalue weighted by atomic mass is 16.5. The number of ether oxygens (including phenoxy) is 1. The summed E-state index contributed by atoms with van der Waals surface area (Å²) in [5.74, 6) is 2.16. The molecule has 1 aliphatic rings. The summed E-state index contributed by atoms with van der Waals surface area (Å²) in [6.45, 7) is 9.87. The molecule has 5 atom stereocenters. The fourth-order valence-electron chi connectivity index (χ4n) is 3.39. The van der Waals surface area contributed by atoms with Crippen LogP contribution in [0.5, 0.6) is 0 Å². The number of hydrogen-bond acceptors (Lipinski definition) is 3. The Kier molecular flexibility index (Phi) is 4.63. The molecule has 0 radical (unpaired) electrons. The lowest BCUT2D eigenvalue weighted by atomic mass is 9.83. The number of imidazole rings is 1. The topological polar surface area (TPSA) is 39.1 Å². The highest BCUT2D eigenvalue weighted by molar-refractivity contribution is 5.05. The maximum absolute atomic E-state index is 5.99. The third kappa shape index (κ3) is 2.70. The lowest BCUT2D eigenvalue weighted by molar-refractivity contribution is 0.0473. The number of nitrogens with zero attached hydrogens (tertiary/aromatic N) is 2. The first-order chi connectivity index (χ1) is 9.10. The zero-order valence-corrected chi connectivity index (χ0v) is 12.8. The van der Waals surface area contributed by atoms with Crippen molar-refractivity contribution < 1.29 is 4.74 Å². The lowest BCUT2D eigenvalue weighted by Crippen LogP contribution is -2.35. The molecule has 2 heterocycles. The van der Waals surface area contributed by atoms with Gasteiger partial charge in [0.15, 0.2) is 0 Å². The first-order valence-electron chi connectivity index (χ1n) is 7.43. The number of hydrogen-bond donors (Lipinski definition) is 1. The van der Waals surface area contributed by atoms with Gasteiger partial charge in [0.25, 0.3) is 0 Å². The van der Waals surface area contributed by atoms with Crippen LogP contribution in [0.15, 0.2) is 12.4 Å². The van der Waals surface area contributed by atoms with Crippen LogP contribution in [0.1, 0.15) is 46.0 Å². The van der Waals surface area contributed by atoms with Crippen LogP contribution in [0.3, 0.4) is 0 Å². The molecule has 1 fully saturated rings. The van der Waals surface area contributed by atoms with E-state index in [2.05, 4.69) is 48.8 Å². The summed E-state index contributed by atoms with van der Waals surface area (Å²) in [4.78, 5) is 4.59. The van der Waals surface area contributed by atoms with Gasteiger partial charge in [-0.3, -0.25) is 0 Å². The predicted molar refractivity (Wildman–Crippen MR) is 77.0 cm³/mol. The molecule has 0 aromatic carbocycles. The van der Waals surface area contributed by atoms with Crippen LogP contribution in [0.4, 0.5) is 0 Å². The summed E-state index contributed by atoms with van der Waals surface area (Å²) in [6.07, 6.45) is 5.71. The lowest BCUT2D eigenvalue weighted by Gasteiger charge is -2.28. The zero-order valence-electron chi connectivity index (χ0n) is 12.8. The Balaban J connectivity index is 2.26. The third-order valence-corrected chi connectivity index (χ3v) is 4.51. The van der Waals surface area contributed by atoms with E-state index in [1.165, 1.54) is 0 Å². The molecule has 0 amide bonds. The fraction of sp³-hybridized carbons (Fsp3) is 0.800. The van der Waals surface area contributed by atoms with Crippen molar-refractivity contribution in [3.05, 3.63) is 18.2 Å². The molecule has 19 heavy (non-hydrogen) atoms. The Labute approximate surface area is 116 Å². The molecule has 4 nitrogen and oxygen atoms in total. The molecule has 1 aromatic heterocycles. The standard InChI is InChI=1S/C15H27N3O/c1-6-8-18-9-7-17-15(18)14(16-5)13-10(2)11(3)19-12(13)4/h7,9-14,16H,6,8H2,1-5H3. The number of aromatic nitrogens is 2. The minimum absolute atomic E-state index is 0.261. The summed E-state index contributed by atoms with van der Waals surface area (Å²) in [7, 11) is 2.03. The van der Waals surface area contributed by atoms with Crippen LogP contribution in [-0.4, -0.2) is 28.8 Å². The Hall–Kier alpha value is -0.870. The molecule has 1 aliphatic heterocycles. The number of rotatable bonds is 5. The van der Waals surface area contributed by atoms with Crippen LogP contribution in [0.25, 0.3) is 0 Å². The quantitative estimate of drug-likeness (QED) is 0.889. The molecule has 5 unspecified atom stereocenters. The summed E-state index contributed by atoms with van der Waals surface area (Å²) in [5.41, 5.74) is 0. The smallest absolute Gasteiger partial charge is 0.126 e. The van der Waals surface area contributed by atoms with Crippen molar-refractivity contribution in [2.24, 2.45) is 11.8 Å². The molecular weight excluding hydrogens is 238 g/mol. The van der Waals surface area contributed by atoms with Crippen molar-refractivity contribution in [3.8, 4) is 0 Å². The Morgan fingerprint density at radius 3 is 2.63 bits per heavy atom. The van der Waals surface area contributed by atoms with E-state index in [0.717, 1.165) is 18.8 Å². The van der Waals surface area contributed by atoms with Crippen molar-refractivity contribution in [2.45, 2.75) is 58.9 Å². The van der Waals surface area contributed by atoms with Gasteiger partial charge in [-0.1, -0.05) is 13.8 Å². The SMILES string of the molecule is CCCn1ccnc1C(NC)C1C(C)OC(C)C1C. The zero-order chi connectivity index (χ0) is 14.0. The second-order valence-corrected chi connectivity index (χ2v) is 5.73. The van der Waals surface area contributed by atoms with Crippen molar-refractivity contribution in [1.82, 2.24) is 14.9 Å². The first-order valence-corrected chi connectivity index (χ1v) is 7.43. The van der Waals surface area contributed by atoms with Gasteiger partial charge in [-0.2, -0.15) is 0 Å². The van der Waals surface area contributed by atoms with Crippen molar-refractivity contribution in [2.75, 3.05) is 7.05 Å². The third-order valence-electron chi connectivity index (χ3n) is 4.51. The molecule has 1 aromatic rings. The average Bonchev–Trinajstić information content (AvgIpc) is 2.91. The van der Waals surface area contributed by atoms with Gasteiger partial charge in [0, 0.05) is 24.9 Å². The van der Waals surface area contributed by atoms with E-state index in [4.69, 9.17) is 4.74 Å². The van der Waals surface area contributed by atoms with Gasteiger partial charge in [-0.25, -0.2) is 4.98 Å². The summed E-state index contributed by atoms with van der Waals surface area (Å²) in [5, 5.41) is 3.46. The molecular formula is C15H27N3O. The van der Waals surface area contributed by atoms with Gasteiger partial charge >= 0.3 is 0 Å². The second kappa shape index (κ2) is 6.06. The van der Waals surface area contributed by atoms with E-state index in [1.54, 1.807) is 0 Å². The molecule has 0 saturated carbocycles. The average molecular weight is 265 g/mol. The van der Waals surface area contributed by atoms with E-state index in [1.807, 2.05) is 13.2 Å². The van der Waals surface area contributed by atoms with Crippen LogP contribution >= 0.6 is 0 Å². The molecule has 0 bridgehead atoms. The van der Waals surface area contributed by atoms with Gasteiger partial charge < -0.3 is 14.6 Å². The maximum atomic E-state index is 5.99. The van der Waals surface area contributed by atoms with Crippen molar-refractivity contribution in [3.63, 3.8) is 0 Å². The van der Waals surface area contributed by atoms with Gasteiger partial charge in [0.2, 0.25) is 0 Å². The monoisotopic (exact) mass is 265 g/mol. The van der Waals surface area contributed by atoms with Crippen LogP contribution in [-0.2, 0) is 11.3 Å². The Bertz CT molecular complexity index is 404. The molecule has 0 aliphatic carbocycles. The van der Waals surface area contributed by atoms with Gasteiger partial charge in [0.05, 0.1) is 18.2 Å². The van der Waals surface area contributed by atoms with E-state index in [9.17, 15) is 0 Å². The molecule has 0 spiro atoms. The largest absolute Gasteiger partial charge is 0.375 e. The summed E-state index contributed by atoms with van der Waals surface area (Å²) in [6, 6.07) is 0.261. The molecule has 4 heteroatoms. The molecule has 108 valence electrons. The molecule has 1 saturated heterocycles. The number of aryl methyl sites for hydroxylation is 1. The fourth-order valence-corrected chi connectivity index (χ4v) is 3.39. The van der Waals surface area contributed by atoms with Gasteiger partial charge in [-0.05, 0) is 33.2 Å². The van der Waals surface area contributed by atoms with E-state index in [-0.39, 0.29) is 12.1 Å². The summed E-state index contributed by atoms with van der Waals surface area (Å²) < 4.78 is 8.26. The van der Waals surface area contributed by atoms with E-state index >= 15 is 0 Å².